The van der Waals surface area contributed by atoms with Gasteiger partial charge in [-0.3, -0.25) is 4.79 Å². The highest BCUT2D eigenvalue weighted by Crippen LogP contribution is 2.39. The van der Waals surface area contributed by atoms with Gasteiger partial charge in [-0.25, -0.2) is 0 Å². The Labute approximate surface area is 197 Å². The minimum absolute atomic E-state index is 0.360. The van der Waals surface area contributed by atoms with Gasteiger partial charge in [0.15, 0.2) is 16.3 Å². The average molecular weight is 475 g/mol. The van der Waals surface area contributed by atoms with Crippen LogP contribution in [0.5, 0.6) is 23.0 Å². The average Bonchev–Trinajstić information content (AvgIpc) is 3.15. The molecule has 0 atom stereocenters. The van der Waals surface area contributed by atoms with Gasteiger partial charge in [0.25, 0.3) is 5.91 Å². The molecule has 1 heterocycles. The molecular formula is C24H30N2O6S. The van der Waals surface area contributed by atoms with Crippen LogP contribution in [0.15, 0.2) is 35.3 Å². The molecule has 2 aromatic carbocycles. The first-order chi connectivity index (χ1) is 16.1. The van der Waals surface area contributed by atoms with E-state index in [0.717, 1.165) is 16.0 Å². The van der Waals surface area contributed by atoms with Crippen molar-refractivity contribution in [2.75, 3.05) is 40.6 Å². The molecular weight excluding hydrogens is 444 g/mol. The highest BCUT2D eigenvalue weighted by atomic mass is 32.1. The Morgan fingerprint density at radius 2 is 1.64 bits per heavy atom. The van der Waals surface area contributed by atoms with Crippen molar-refractivity contribution in [3.05, 3.63) is 40.7 Å². The number of nitrogens with zero attached hydrogens (tertiary/aromatic N) is 2. The molecule has 0 N–H and O–H groups in total. The monoisotopic (exact) mass is 474 g/mol. The van der Waals surface area contributed by atoms with E-state index >= 15 is 0 Å². The summed E-state index contributed by atoms with van der Waals surface area (Å²) in [5.41, 5.74) is 1.32. The number of benzene rings is 2. The molecule has 0 fully saturated rings. The number of rotatable bonds is 11. The predicted molar refractivity (Wildman–Crippen MR) is 128 cm³/mol. The molecule has 178 valence electrons. The second-order valence-corrected chi connectivity index (χ2v) is 7.89. The van der Waals surface area contributed by atoms with Crippen LogP contribution < -0.4 is 23.7 Å². The third-order valence-electron chi connectivity index (χ3n) is 4.76. The topological polar surface area (TPSA) is 80.5 Å². The normalized spacial score (nSPS) is 11.6. The number of hydrogen-bond acceptors (Lipinski definition) is 7. The van der Waals surface area contributed by atoms with E-state index in [-0.39, 0.29) is 0 Å². The molecule has 0 aliphatic rings. The summed E-state index contributed by atoms with van der Waals surface area (Å²) in [6.07, 6.45) is 0. The maximum absolute atomic E-state index is 13.2. The van der Waals surface area contributed by atoms with Crippen molar-refractivity contribution < 1.29 is 28.5 Å². The van der Waals surface area contributed by atoms with Crippen molar-refractivity contribution in [3.8, 4) is 23.0 Å². The Balaban J connectivity index is 2.12. The molecule has 9 heteroatoms. The highest BCUT2D eigenvalue weighted by molar-refractivity contribution is 7.16. The van der Waals surface area contributed by atoms with Crippen LogP contribution in [0, 0.1) is 0 Å². The molecule has 0 aliphatic heterocycles. The summed E-state index contributed by atoms with van der Waals surface area (Å²) in [5.74, 6) is 1.75. The third-order valence-corrected chi connectivity index (χ3v) is 5.80. The molecule has 0 aliphatic carbocycles. The zero-order valence-corrected chi connectivity index (χ0v) is 20.5. The van der Waals surface area contributed by atoms with Gasteiger partial charge >= 0.3 is 0 Å². The van der Waals surface area contributed by atoms with Gasteiger partial charge < -0.3 is 28.3 Å². The Bertz CT molecular complexity index is 1140. The zero-order chi connectivity index (χ0) is 23.8. The summed E-state index contributed by atoms with van der Waals surface area (Å²) in [4.78, 5) is 18.3. The van der Waals surface area contributed by atoms with Gasteiger partial charge in [0.2, 0.25) is 5.75 Å². The molecule has 3 aromatic rings. The molecule has 0 spiro atoms. The molecule has 33 heavy (non-hydrogen) atoms. The van der Waals surface area contributed by atoms with E-state index in [4.69, 9.17) is 23.7 Å². The number of carbonyl (C=O) groups excluding carboxylic acids is 1. The minimum atomic E-state index is -0.398. The number of ether oxygens (including phenoxy) is 5. The van der Waals surface area contributed by atoms with Crippen molar-refractivity contribution in [1.82, 2.24) is 4.57 Å². The van der Waals surface area contributed by atoms with Gasteiger partial charge in [-0.1, -0.05) is 11.3 Å². The van der Waals surface area contributed by atoms with Crippen LogP contribution in [-0.2, 0) is 11.3 Å². The molecule has 8 nitrogen and oxygen atoms in total. The molecule has 1 amide bonds. The molecule has 3 rings (SSSR count). The van der Waals surface area contributed by atoms with E-state index in [9.17, 15) is 4.79 Å². The smallest absolute Gasteiger partial charge is 0.279 e. The lowest BCUT2D eigenvalue weighted by Crippen LogP contribution is -2.19. The number of fused-ring (bicyclic) bond motifs is 1. The van der Waals surface area contributed by atoms with Gasteiger partial charge in [0, 0.05) is 19.2 Å². The number of methoxy groups -OCH3 is 2. The van der Waals surface area contributed by atoms with Crippen LogP contribution >= 0.6 is 11.3 Å². The summed E-state index contributed by atoms with van der Waals surface area (Å²) in [5, 5.41) is 0. The Kier molecular flexibility index (Phi) is 8.73. The fraction of sp³-hybridized carbons (Fsp3) is 0.417. The Morgan fingerprint density at radius 1 is 0.970 bits per heavy atom. The molecule has 0 saturated carbocycles. The lowest BCUT2D eigenvalue weighted by molar-refractivity contribution is 0.0996. The van der Waals surface area contributed by atoms with Crippen LogP contribution in [0.1, 0.15) is 31.1 Å². The van der Waals surface area contributed by atoms with Crippen LogP contribution in [0.2, 0.25) is 0 Å². The lowest BCUT2D eigenvalue weighted by Gasteiger charge is -2.16. The van der Waals surface area contributed by atoms with Gasteiger partial charge in [0.1, 0.15) is 5.75 Å². The van der Waals surface area contributed by atoms with Crippen molar-refractivity contribution >= 4 is 27.5 Å². The van der Waals surface area contributed by atoms with E-state index in [1.54, 1.807) is 26.4 Å². The zero-order valence-electron chi connectivity index (χ0n) is 19.7. The van der Waals surface area contributed by atoms with E-state index in [2.05, 4.69) is 4.99 Å². The van der Waals surface area contributed by atoms with Gasteiger partial charge in [-0.05, 0) is 51.1 Å². The second kappa shape index (κ2) is 11.7. The minimum Gasteiger partial charge on any atom is -0.497 e. The molecule has 0 saturated heterocycles. The van der Waals surface area contributed by atoms with Crippen molar-refractivity contribution in [3.63, 3.8) is 0 Å². The van der Waals surface area contributed by atoms with Crippen molar-refractivity contribution in [2.45, 2.75) is 27.3 Å². The number of carbonyl (C=O) groups is 1. The predicted octanol–water partition coefficient (Wildman–Crippen LogP) is 4.30. The number of thiazole rings is 1. The fourth-order valence-corrected chi connectivity index (χ4v) is 4.41. The number of aromatic nitrogens is 1. The molecule has 1 aromatic heterocycles. The van der Waals surface area contributed by atoms with Gasteiger partial charge in [-0.2, -0.15) is 4.99 Å². The summed E-state index contributed by atoms with van der Waals surface area (Å²) in [6, 6.07) is 9.08. The van der Waals surface area contributed by atoms with E-state index in [1.165, 1.54) is 11.3 Å². The SMILES string of the molecule is CCOc1cc(C(=O)N=c2sc3cc(OC)ccc3n2CCOC)cc(OCC)c1OCC. The quantitative estimate of drug-likeness (QED) is 0.412. The second-order valence-electron chi connectivity index (χ2n) is 6.88. The first-order valence-corrected chi connectivity index (χ1v) is 11.7. The van der Waals surface area contributed by atoms with E-state index < -0.39 is 5.91 Å². The Hall–Kier alpha value is -3.04. The first kappa shape index (κ1) is 24.6. The summed E-state index contributed by atoms with van der Waals surface area (Å²) < 4.78 is 30.7. The maximum atomic E-state index is 13.2. The third kappa shape index (κ3) is 5.66. The van der Waals surface area contributed by atoms with Gasteiger partial charge in [0.05, 0.1) is 43.8 Å². The van der Waals surface area contributed by atoms with E-state index in [1.807, 2.05) is 43.5 Å². The van der Waals surface area contributed by atoms with Crippen LogP contribution in [-0.4, -0.2) is 51.1 Å². The maximum Gasteiger partial charge on any atom is 0.279 e. The molecule has 0 radical (unpaired) electrons. The number of amides is 1. The van der Waals surface area contributed by atoms with Crippen molar-refractivity contribution in [2.24, 2.45) is 4.99 Å². The molecule has 0 unspecified atom stereocenters. The van der Waals surface area contributed by atoms with Gasteiger partial charge in [-0.15, -0.1) is 0 Å². The Morgan fingerprint density at radius 3 is 2.21 bits per heavy atom. The van der Waals surface area contributed by atoms with Crippen LogP contribution in [0.3, 0.4) is 0 Å². The summed E-state index contributed by atoms with van der Waals surface area (Å²) in [6.45, 7) is 7.99. The van der Waals surface area contributed by atoms with Crippen LogP contribution in [0.4, 0.5) is 0 Å². The van der Waals surface area contributed by atoms with Crippen LogP contribution in [0.25, 0.3) is 10.2 Å². The van der Waals surface area contributed by atoms with E-state index in [0.29, 0.717) is 60.6 Å². The first-order valence-electron chi connectivity index (χ1n) is 10.9. The summed E-state index contributed by atoms with van der Waals surface area (Å²) in [7, 11) is 3.27. The number of hydrogen-bond donors (Lipinski definition) is 0. The fourth-order valence-electron chi connectivity index (χ4n) is 3.33. The summed E-state index contributed by atoms with van der Waals surface area (Å²) >= 11 is 1.42. The largest absolute Gasteiger partial charge is 0.497 e. The molecule has 0 bridgehead atoms. The lowest BCUT2D eigenvalue weighted by atomic mass is 10.1. The van der Waals surface area contributed by atoms with Crippen molar-refractivity contribution in [1.29, 1.82) is 0 Å². The standard InChI is InChI=1S/C24H30N2O6S/c1-6-30-19-13-16(14-20(31-7-2)22(19)32-8-3)23(27)25-24-26(11-12-28-4)18-10-9-17(29-5)15-21(18)33-24/h9-10,13-15H,6-8,11-12H2,1-5H3. The highest BCUT2D eigenvalue weighted by Gasteiger charge is 2.19.